The van der Waals surface area contributed by atoms with E-state index >= 15 is 0 Å². The Labute approximate surface area is 72.5 Å². The predicted molar refractivity (Wildman–Crippen MR) is 50.8 cm³/mol. The van der Waals surface area contributed by atoms with E-state index in [-0.39, 0.29) is 0 Å². The molecule has 1 rings (SSSR count). The van der Waals surface area contributed by atoms with Gasteiger partial charge in [-0.15, -0.1) is 0 Å². The van der Waals surface area contributed by atoms with Crippen LogP contribution in [0.25, 0.3) is 5.57 Å². The monoisotopic (exact) mass is 166 g/mol. The van der Waals surface area contributed by atoms with Crippen LogP contribution in [0.15, 0.2) is 30.8 Å². The van der Waals surface area contributed by atoms with E-state index < -0.39 is 0 Å². The van der Waals surface area contributed by atoms with Crippen molar-refractivity contribution < 1.29 is 0 Å². The maximum absolute atomic E-state index is 5.94. The summed E-state index contributed by atoms with van der Waals surface area (Å²) in [6, 6.07) is 7.78. The van der Waals surface area contributed by atoms with Crippen molar-refractivity contribution in [1.29, 1.82) is 0 Å². The molecule has 0 aliphatic rings. The fraction of sp³-hybridized carbons (Fsp3) is 0.200. The lowest BCUT2D eigenvalue weighted by atomic mass is 10.1. The fourth-order valence-corrected chi connectivity index (χ4v) is 1.21. The molecular weight excluding hydrogens is 156 g/mol. The van der Waals surface area contributed by atoms with Gasteiger partial charge in [-0.3, -0.25) is 0 Å². The van der Waals surface area contributed by atoms with Gasteiger partial charge in [-0.2, -0.15) is 0 Å². The first kappa shape index (κ1) is 8.35. The van der Waals surface area contributed by atoms with Crippen LogP contribution in [0.4, 0.5) is 0 Å². The SMILES string of the molecule is C=C(CC)c1ccccc1Cl. The molecule has 0 amide bonds. The van der Waals surface area contributed by atoms with Crippen molar-refractivity contribution >= 4 is 17.2 Å². The summed E-state index contributed by atoms with van der Waals surface area (Å²) in [6.07, 6.45) is 0.948. The molecule has 1 heteroatoms. The Morgan fingerprint density at radius 3 is 2.64 bits per heavy atom. The number of hydrogen-bond acceptors (Lipinski definition) is 0. The van der Waals surface area contributed by atoms with E-state index in [1.807, 2.05) is 24.3 Å². The van der Waals surface area contributed by atoms with Crippen LogP contribution in [0.2, 0.25) is 5.02 Å². The van der Waals surface area contributed by atoms with Gasteiger partial charge in [0.15, 0.2) is 0 Å². The van der Waals surface area contributed by atoms with Crippen LogP contribution < -0.4 is 0 Å². The molecule has 1 aromatic rings. The molecule has 0 saturated carbocycles. The average Bonchev–Trinajstić information content (AvgIpc) is 2.04. The minimum absolute atomic E-state index is 0.791. The Kier molecular flexibility index (Phi) is 2.72. The highest BCUT2D eigenvalue weighted by Crippen LogP contribution is 2.23. The minimum Gasteiger partial charge on any atom is -0.0952 e. The first-order chi connectivity index (χ1) is 5.25. The molecule has 0 fully saturated rings. The van der Waals surface area contributed by atoms with Gasteiger partial charge in [-0.1, -0.05) is 43.3 Å². The number of rotatable bonds is 2. The van der Waals surface area contributed by atoms with Crippen molar-refractivity contribution in [1.82, 2.24) is 0 Å². The molecule has 0 aromatic heterocycles. The summed E-state index contributed by atoms with van der Waals surface area (Å²) in [5, 5.41) is 0.791. The zero-order valence-electron chi connectivity index (χ0n) is 6.60. The Morgan fingerprint density at radius 1 is 1.45 bits per heavy atom. The van der Waals surface area contributed by atoms with Crippen LogP contribution in [0, 0.1) is 0 Å². The Balaban J connectivity index is 3.03. The zero-order valence-corrected chi connectivity index (χ0v) is 7.36. The Hall–Kier alpha value is -0.750. The van der Waals surface area contributed by atoms with Crippen LogP contribution in [0.1, 0.15) is 18.9 Å². The summed E-state index contributed by atoms with van der Waals surface area (Å²) in [6.45, 7) is 5.99. The second kappa shape index (κ2) is 3.59. The summed E-state index contributed by atoms with van der Waals surface area (Å²) in [4.78, 5) is 0. The third-order valence-corrected chi connectivity index (χ3v) is 2.01. The molecule has 0 aliphatic heterocycles. The fourth-order valence-electron chi connectivity index (χ4n) is 0.938. The van der Waals surface area contributed by atoms with Crippen molar-refractivity contribution in [3.05, 3.63) is 41.4 Å². The molecular formula is C10H11Cl. The van der Waals surface area contributed by atoms with Gasteiger partial charge in [0.2, 0.25) is 0 Å². The van der Waals surface area contributed by atoms with Crippen LogP contribution in [-0.4, -0.2) is 0 Å². The van der Waals surface area contributed by atoms with E-state index in [4.69, 9.17) is 11.6 Å². The van der Waals surface area contributed by atoms with Crippen molar-refractivity contribution in [3.63, 3.8) is 0 Å². The first-order valence-electron chi connectivity index (χ1n) is 3.68. The smallest absolute Gasteiger partial charge is 0.0480 e. The van der Waals surface area contributed by atoms with Gasteiger partial charge in [0.1, 0.15) is 0 Å². The molecule has 0 radical (unpaired) electrons. The molecule has 0 saturated heterocycles. The number of benzene rings is 1. The van der Waals surface area contributed by atoms with Gasteiger partial charge >= 0.3 is 0 Å². The van der Waals surface area contributed by atoms with E-state index in [2.05, 4.69) is 13.5 Å². The molecule has 0 nitrogen and oxygen atoms in total. The molecule has 0 atom stereocenters. The zero-order chi connectivity index (χ0) is 8.27. The molecule has 0 heterocycles. The average molecular weight is 167 g/mol. The van der Waals surface area contributed by atoms with Crippen LogP contribution >= 0.6 is 11.6 Å². The van der Waals surface area contributed by atoms with Crippen LogP contribution in [0.3, 0.4) is 0 Å². The molecule has 11 heavy (non-hydrogen) atoms. The highest BCUT2D eigenvalue weighted by molar-refractivity contribution is 6.32. The quantitative estimate of drug-likeness (QED) is 0.628. The Bertz CT molecular complexity index is 263. The lowest BCUT2D eigenvalue weighted by Crippen LogP contribution is -1.80. The topological polar surface area (TPSA) is 0 Å². The lowest BCUT2D eigenvalue weighted by molar-refractivity contribution is 1.24. The largest absolute Gasteiger partial charge is 0.0952 e. The number of halogens is 1. The van der Waals surface area contributed by atoms with E-state index in [0.717, 1.165) is 22.6 Å². The summed E-state index contributed by atoms with van der Waals surface area (Å²) in [5.74, 6) is 0. The van der Waals surface area contributed by atoms with E-state index in [9.17, 15) is 0 Å². The third kappa shape index (κ3) is 1.84. The van der Waals surface area contributed by atoms with Gasteiger partial charge < -0.3 is 0 Å². The third-order valence-electron chi connectivity index (χ3n) is 1.68. The van der Waals surface area contributed by atoms with Gasteiger partial charge in [0.25, 0.3) is 0 Å². The predicted octanol–water partition coefficient (Wildman–Crippen LogP) is 3.76. The maximum Gasteiger partial charge on any atom is 0.0480 e. The minimum atomic E-state index is 0.791. The van der Waals surface area contributed by atoms with Crippen molar-refractivity contribution in [2.75, 3.05) is 0 Å². The molecule has 58 valence electrons. The molecule has 0 unspecified atom stereocenters. The number of allylic oxidation sites excluding steroid dienone is 1. The molecule has 0 N–H and O–H groups in total. The second-order valence-electron chi connectivity index (χ2n) is 2.44. The second-order valence-corrected chi connectivity index (χ2v) is 2.84. The molecule has 1 aromatic carbocycles. The van der Waals surface area contributed by atoms with Crippen molar-refractivity contribution in [2.24, 2.45) is 0 Å². The van der Waals surface area contributed by atoms with Crippen molar-refractivity contribution in [3.8, 4) is 0 Å². The number of hydrogen-bond donors (Lipinski definition) is 0. The summed E-state index contributed by atoms with van der Waals surface area (Å²) < 4.78 is 0. The van der Waals surface area contributed by atoms with Gasteiger partial charge in [-0.05, 0) is 23.6 Å². The normalized spacial score (nSPS) is 9.64. The van der Waals surface area contributed by atoms with Crippen LogP contribution in [0.5, 0.6) is 0 Å². The molecule has 0 aliphatic carbocycles. The highest BCUT2D eigenvalue weighted by Gasteiger charge is 1.99. The van der Waals surface area contributed by atoms with Gasteiger partial charge in [0, 0.05) is 5.02 Å². The summed E-state index contributed by atoms with van der Waals surface area (Å²) in [7, 11) is 0. The van der Waals surface area contributed by atoms with Gasteiger partial charge in [0.05, 0.1) is 0 Å². The Morgan fingerprint density at radius 2 is 2.09 bits per heavy atom. The maximum atomic E-state index is 5.94. The standard InChI is InChI=1S/C10H11Cl/c1-3-8(2)9-6-4-5-7-10(9)11/h4-7H,2-3H2,1H3. The van der Waals surface area contributed by atoms with Gasteiger partial charge in [-0.25, -0.2) is 0 Å². The van der Waals surface area contributed by atoms with Crippen molar-refractivity contribution in [2.45, 2.75) is 13.3 Å². The molecule has 0 bridgehead atoms. The molecule has 0 spiro atoms. The lowest BCUT2D eigenvalue weighted by Gasteiger charge is -2.03. The highest BCUT2D eigenvalue weighted by atomic mass is 35.5. The summed E-state index contributed by atoms with van der Waals surface area (Å²) >= 11 is 5.94. The summed E-state index contributed by atoms with van der Waals surface area (Å²) in [5.41, 5.74) is 2.16. The van der Waals surface area contributed by atoms with E-state index in [1.54, 1.807) is 0 Å². The first-order valence-corrected chi connectivity index (χ1v) is 4.06. The van der Waals surface area contributed by atoms with E-state index in [1.165, 1.54) is 0 Å². The van der Waals surface area contributed by atoms with Crippen LogP contribution in [-0.2, 0) is 0 Å². The van der Waals surface area contributed by atoms with E-state index in [0.29, 0.717) is 0 Å².